The first kappa shape index (κ1) is 3.20. The highest BCUT2D eigenvalue weighted by Gasteiger charge is 1.76. The largest absolute Gasteiger partial charge is 0.175 e. The second-order valence-electron chi connectivity index (χ2n) is 0.724. The Morgan fingerprint density at radius 3 is 2.00 bits per heavy atom. The molecule has 0 aromatic carbocycles. The van der Waals surface area contributed by atoms with Crippen LogP contribution in [0.2, 0.25) is 0 Å². The number of hydrogen-bond acceptors (Lipinski definition) is 5. The van der Waals surface area contributed by atoms with E-state index in [2.05, 4.69) is 26.2 Å². The van der Waals surface area contributed by atoms with Crippen molar-refractivity contribution in [3.63, 3.8) is 0 Å². The first-order valence-corrected chi connectivity index (χ1v) is 1.48. The summed E-state index contributed by atoms with van der Waals surface area (Å²) in [5, 5.41) is 13.4. The molecule has 5 nitrogen and oxygen atoms in total. The number of nitrogens with one attached hydrogen (secondary N) is 1. The zero-order chi connectivity index (χ0) is 4.24. The molecule has 1 N–H and O–H groups in total. The van der Waals surface area contributed by atoms with Crippen LogP contribution in [0.3, 0.4) is 0 Å². The summed E-state index contributed by atoms with van der Waals surface area (Å²) in [6.45, 7) is 0.354. The molecule has 0 aliphatic carbocycles. The van der Waals surface area contributed by atoms with Crippen LogP contribution >= 0.6 is 0 Å². The van der Waals surface area contributed by atoms with E-state index in [1.54, 1.807) is 0 Å². The fourth-order valence-corrected chi connectivity index (χ4v) is 0.175. The topological polar surface area (TPSA) is 61.5 Å². The third-order valence-electron chi connectivity index (χ3n) is 0.357. The van der Waals surface area contributed by atoms with E-state index in [-0.39, 0.29) is 0 Å². The Hall–Kier alpha value is -1.00. The summed E-state index contributed by atoms with van der Waals surface area (Å²) in [5.41, 5.74) is 2.20. The summed E-state index contributed by atoms with van der Waals surface area (Å²) in [6.07, 6.45) is 0. The lowest BCUT2D eigenvalue weighted by Gasteiger charge is -1.88. The molecule has 0 fully saturated rings. The number of rotatable bonds is 0. The van der Waals surface area contributed by atoms with Crippen LogP contribution in [0.4, 0.5) is 0 Å². The summed E-state index contributed by atoms with van der Waals surface area (Å²) >= 11 is 0. The Bertz CT molecular complexity index is 61.9. The van der Waals surface area contributed by atoms with Gasteiger partial charge in [-0.25, -0.2) is 0 Å². The number of hydrogen-bond donors (Lipinski definition) is 1. The minimum absolute atomic E-state index is 0.354. The minimum atomic E-state index is 0.354. The molecule has 32 valence electrons. The van der Waals surface area contributed by atoms with Gasteiger partial charge in [0.2, 0.25) is 0 Å². The average Bonchev–Trinajstić information content (AvgIpc) is 1.72. The molecule has 0 radical (unpaired) electrons. The predicted octanol–water partition coefficient (Wildman–Crippen LogP) is 0.282. The molecule has 0 saturated heterocycles. The van der Waals surface area contributed by atoms with Crippen LogP contribution in [0.1, 0.15) is 0 Å². The SMILES string of the molecule is C1N=NNN=N1. The van der Waals surface area contributed by atoms with Crippen LogP contribution in [0.15, 0.2) is 20.7 Å². The fourth-order valence-electron chi connectivity index (χ4n) is 0.175. The second-order valence-corrected chi connectivity index (χ2v) is 0.724. The predicted molar refractivity (Wildman–Crippen MR) is 17.7 cm³/mol. The van der Waals surface area contributed by atoms with Gasteiger partial charge in [-0.1, -0.05) is 10.4 Å². The van der Waals surface area contributed by atoms with Crippen molar-refractivity contribution in [2.45, 2.75) is 0 Å². The van der Waals surface area contributed by atoms with E-state index in [9.17, 15) is 0 Å². The van der Waals surface area contributed by atoms with Crippen molar-refractivity contribution in [2.75, 3.05) is 6.67 Å². The number of nitrogens with zero attached hydrogens (tertiary/aromatic N) is 4. The molecule has 1 rings (SSSR count). The van der Waals surface area contributed by atoms with Crippen molar-refractivity contribution < 1.29 is 0 Å². The summed E-state index contributed by atoms with van der Waals surface area (Å²) < 4.78 is 0. The third-order valence-corrected chi connectivity index (χ3v) is 0.357. The summed E-state index contributed by atoms with van der Waals surface area (Å²) in [4.78, 5) is 0. The van der Waals surface area contributed by atoms with Gasteiger partial charge < -0.3 is 0 Å². The molecular formula is CH3N5. The Balaban J connectivity index is 2.40. The van der Waals surface area contributed by atoms with Crippen molar-refractivity contribution in [3.05, 3.63) is 0 Å². The summed E-state index contributed by atoms with van der Waals surface area (Å²) in [7, 11) is 0. The van der Waals surface area contributed by atoms with Crippen LogP contribution in [0.5, 0.6) is 0 Å². The van der Waals surface area contributed by atoms with Gasteiger partial charge in [-0.05, 0) is 0 Å². The molecule has 6 heavy (non-hydrogen) atoms. The van der Waals surface area contributed by atoms with Crippen LogP contribution in [0, 0.1) is 0 Å². The molecule has 5 heteroatoms. The smallest absolute Gasteiger partial charge is 0.161 e. The molecule has 0 unspecified atom stereocenters. The van der Waals surface area contributed by atoms with Gasteiger partial charge in [-0.3, -0.25) is 0 Å². The molecule has 1 aliphatic heterocycles. The van der Waals surface area contributed by atoms with Crippen molar-refractivity contribution >= 4 is 0 Å². The maximum Gasteiger partial charge on any atom is 0.175 e. The average molecular weight is 85.1 g/mol. The van der Waals surface area contributed by atoms with Crippen molar-refractivity contribution in [1.29, 1.82) is 0 Å². The van der Waals surface area contributed by atoms with Gasteiger partial charge >= 0.3 is 0 Å². The van der Waals surface area contributed by atoms with Gasteiger partial charge in [0.15, 0.2) is 6.67 Å². The fraction of sp³-hybridized carbons (Fsp3) is 1.00. The molecule has 0 bridgehead atoms. The molecule has 1 heterocycles. The van der Waals surface area contributed by atoms with Gasteiger partial charge in [0.1, 0.15) is 0 Å². The lowest BCUT2D eigenvalue weighted by atomic mass is 11.2. The Morgan fingerprint density at radius 2 is 1.83 bits per heavy atom. The van der Waals surface area contributed by atoms with Crippen molar-refractivity contribution in [3.8, 4) is 0 Å². The molecule has 1 aliphatic rings. The van der Waals surface area contributed by atoms with Crippen LogP contribution in [-0.4, -0.2) is 6.67 Å². The quantitative estimate of drug-likeness (QED) is 0.451. The van der Waals surface area contributed by atoms with Gasteiger partial charge in [0.05, 0.1) is 0 Å². The maximum atomic E-state index is 3.43. The summed E-state index contributed by atoms with van der Waals surface area (Å²) in [6, 6.07) is 0. The lowest BCUT2D eigenvalue weighted by Crippen LogP contribution is -1.94. The van der Waals surface area contributed by atoms with Gasteiger partial charge in [-0.2, -0.15) is 5.53 Å². The van der Waals surface area contributed by atoms with Crippen molar-refractivity contribution in [2.24, 2.45) is 20.7 Å². The van der Waals surface area contributed by atoms with Crippen LogP contribution in [0.25, 0.3) is 0 Å². The Labute approximate surface area is 34.1 Å². The molecule has 0 amide bonds. The van der Waals surface area contributed by atoms with E-state index in [0.29, 0.717) is 6.67 Å². The van der Waals surface area contributed by atoms with Gasteiger partial charge in [0.25, 0.3) is 0 Å². The highest BCUT2D eigenvalue weighted by molar-refractivity contribution is 4.29. The van der Waals surface area contributed by atoms with Crippen LogP contribution < -0.4 is 5.53 Å². The first-order valence-electron chi connectivity index (χ1n) is 1.48. The third kappa shape index (κ3) is 0.480. The molecule has 0 aromatic rings. The van der Waals surface area contributed by atoms with E-state index < -0.39 is 0 Å². The molecule has 0 aromatic heterocycles. The van der Waals surface area contributed by atoms with Crippen LogP contribution in [-0.2, 0) is 0 Å². The highest BCUT2D eigenvalue weighted by Crippen LogP contribution is 1.80. The Morgan fingerprint density at radius 1 is 1.17 bits per heavy atom. The van der Waals surface area contributed by atoms with E-state index in [1.807, 2.05) is 0 Å². The van der Waals surface area contributed by atoms with E-state index in [0.717, 1.165) is 0 Å². The zero-order valence-electron chi connectivity index (χ0n) is 3.00. The normalized spacial score (nSPS) is 17.3. The molecule has 0 atom stereocenters. The maximum absolute atomic E-state index is 3.43. The zero-order valence-corrected chi connectivity index (χ0v) is 3.00. The molecular weight excluding hydrogens is 82.0 g/mol. The monoisotopic (exact) mass is 85.0 g/mol. The minimum Gasteiger partial charge on any atom is -0.161 e. The van der Waals surface area contributed by atoms with E-state index >= 15 is 0 Å². The van der Waals surface area contributed by atoms with Crippen molar-refractivity contribution in [1.82, 2.24) is 5.53 Å². The first-order chi connectivity index (χ1) is 3.00. The molecule has 0 saturated carbocycles. The standard InChI is InChI=1S/CH3N5/c1-2-4-6-5-3-1/h1H2,(H,2,3,6). The molecule has 0 spiro atoms. The summed E-state index contributed by atoms with van der Waals surface area (Å²) in [5.74, 6) is 0. The Kier molecular flexibility index (Phi) is 0.768. The van der Waals surface area contributed by atoms with E-state index in [4.69, 9.17) is 0 Å². The van der Waals surface area contributed by atoms with Gasteiger partial charge in [-0.15, -0.1) is 10.2 Å². The second kappa shape index (κ2) is 1.44. The highest BCUT2D eigenvalue weighted by atomic mass is 15.7. The lowest BCUT2D eigenvalue weighted by molar-refractivity contribution is 0.601. The van der Waals surface area contributed by atoms with E-state index in [1.165, 1.54) is 0 Å². The van der Waals surface area contributed by atoms with Gasteiger partial charge in [0, 0.05) is 0 Å².